The third kappa shape index (κ3) is 2.36. The second-order valence-electron chi connectivity index (χ2n) is 5.32. The molecule has 0 spiro atoms. The Balaban J connectivity index is 2.18. The maximum Gasteiger partial charge on any atom is 0.280 e. The first-order chi connectivity index (χ1) is 10.8. The van der Waals surface area contributed by atoms with Crippen molar-refractivity contribution in [3.63, 3.8) is 0 Å². The van der Waals surface area contributed by atoms with E-state index in [1.54, 1.807) is 0 Å². The van der Waals surface area contributed by atoms with Crippen molar-refractivity contribution in [2.24, 2.45) is 0 Å². The molecule has 1 aliphatic rings. The van der Waals surface area contributed by atoms with Gasteiger partial charge in [-0.15, -0.1) is 0 Å². The number of nitrogens with zero attached hydrogens (tertiary/aromatic N) is 2. The van der Waals surface area contributed by atoms with Crippen LogP contribution in [-0.4, -0.2) is 54.6 Å². The zero-order valence-electron chi connectivity index (χ0n) is 11.9. The standard InChI is InChI=1S/C13H14FN3O6/c1-4-10(14)17-2-5(12(22)16-13(17)15-11(4)21)9-8(20)7(19)6(3-18)23-9/h2,6-9,18-20H,3H2,1H3,(H,15,16,21,22). The van der Waals surface area contributed by atoms with E-state index in [4.69, 9.17) is 9.84 Å². The van der Waals surface area contributed by atoms with Crippen LogP contribution in [0.2, 0.25) is 0 Å². The molecule has 10 heteroatoms. The summed E-state index contributed by atoms with van der Waals surface area (Å²) in [5.41, 5.74) is -1.96. The Labute approximate surface area is 127 Å². The van der Waals surface area contributed by atoms with Crippen LogP contribution < -0.4 is 11.1 Å². The van der Waals surface area contributed by atoms with Gasteiger partial charge in [0.05, 0.1) is 17.7 Å². The molecule has 0 radical (unpaired) electrons. The van der Waals surface area contributed by atoms with Gasteiger partial charge < -0.3 is 20.1 Å². The number of aromatic nitrogens is 3. The van der Waals surface area contributed by atoms with Gasteiger partial charge in [-0.05, 0) is 6.92 Å². The predicted molar refractivity (Wildman–Crippen MR) is 73.5 cm³/mol. The Morgan fingerprint density at radius 3 is 2.70 bits per heavy atom. The van der Waals surface area contributed by atoms with Crippen molar-refractivity contribution in [1.82, 2.24) is 14.4 Å². The average molecular weight is 327 g/mol. The molecule has 0 bridgehead atoms. The normalized spacial score (nSPS) is 27.7. The summed E-state index contributed by atoms with van der Waals surface area (Å²) in [5, 5.41) is 28.8. The van der Waals surface area contributed by atoms with Crippen molar-refractivity contribution in [1.29, 1.82) is 0 Å². The Morgan fingerprint density at radius 1 is 1.39 bits per heavy atom. The van der Waals surface area contributed by atoms with Crippen LogP contribution in [0, 0.1) is 12.9 Å². The second-order valence-corrected chi connectivity index (χ2v) is 5.32. The molecule has 1 fully saturated rings. The van der Waals surface area contributed by atoms with Crippen LogP contribution in [0.15, 0.2) is 15.8 Å². The molecule has 2 aromatic rings. The number of aromatic amines is 1. The van der Waals surface area contributed by atoms with E-state index in [2.05, 4.69) is 9.97 Å². The van der Waals surface area contributed by atoms with E-state index >= 15 is 0 Å². The van der Waals surface area contributed by atoms with Gasteiger partial charge in [0.1, 0.15) is 24.4 Å². The summed E-state index contributed by atoms with van der Waals surface area (Å²) in [6.45, 7) is 0.704. The minimum Gasteiger partial charge on any atom is -0.394 e. The highest BCUT2D eigenvalue weighted by Gasteiger charge is 2.44. The van der Waals surface area contributed by atoms with Gasteiger partial charge in [-0.25, -0.2) is 0 Å². The molecule has 0 amide bonds. The molecule has 2 aromatic heterocycles. The molecule has 1 saturated heterocycles. The number of aliphatic hydroxyl groups is 3. The van der Waals surface area contributed by atoms with Gasteiger partial charge in [-0.3, -0.25) is 19.0 Å². The van der Waals surface area contributed by atoms with Crippen molar-refractivity contribution in [3.05, 3.63) is 44.0 Å². The number of aliphatic hydroxyl groups excluding tert-OH is 3. The van der Waals surface area contributed by atoms with E-state index in [-0.39, 0.29) is 16.9 Å². The third-order valence-electron chi connectivity index (χ3n) is 3.89. The monoisotopic (exact) mass is 327 g/mol. The number of nitrogens with one attached hydrogen (secondary N) is 1. The molecule has 1 aliphatic heterocycles. The van der Waals surface area contributed by atoms with Crippen LogP contribution >= 0.6 is 0 Å². The molecule has 0 saturated carbocycles. The lowest BCUT2D eigenvalue weighted by atomic mass is 10.0. The maximum absolute atomic E-state index is 14.2. The highest BCUT2D eigenvalue weighted by atomic mass is 19.1. The SMILES string of the molecule is Cc1c(F)n2cc(C3OC(CO)C(O)C3O)c(=O)nc2[nH]c1=O. The molecule has 3 heterocycles. The summed E-state index contributed by atoms with van der Waals surface area (Å²) >= 11 is 0. The second kappa shape index (κ2) is 5.49. The van der Waals surface area contributed by atoms with E-state index in [0.29, 0.717) is 0 Å². The van der Waals surface area contributed by atoms with Crippen molar-refractivity contribution < 1.29 is 24.4 Å². The number of rotatable bonds is 2. The Kier molecular flexibility index (Phi) is 3.76. The number of H-pyrrole nitrogens is 1. The van der Waals surface area contributed by atoms with E-state index < -0.39 is 48.1 Å². The molecule has 4 atom stereocenters. The van der Waals surface area contributed by atoms with Crippen molar-refractivity contribution >= 4 is 5.78 Å². The van der Waals surface area contributed by atoms with Gasteiger partial charge in [0, 0.05) is 6.20 Å². The molecule has 124 valence electrons. The van der Waals surface area contributed by atoms with Gasteiger partial charge >= 0.3 is 0 Å². The molecule has 0 aromatic carbocycles. The predicted octanol–water partition coefficient (Wildman–Crippen LogP) is -2.02. The lowest BCUT2D eigenvalue weighted by Crippen LogP contribution is -2.33. The highest BCUT2D eigenvalue weighted by Crippen LogP contribution is 2.31. The lowest BCUT2D eigenvalue weighted by molar-refractivity contribution is -0.0232. The van der Waals surface area contributed by atoms with Crippen LogP contribution in [0.25, 0.3) is 5.78 Å². The van der Waals surface area contributed by atoms with Crippen molar-refractivity contribution in [2.75, 3.05) is 6.61 Å². The first-order valence-corrected chi connectivity index (χ1v) is 6.79. The average Bonchev–Trinajstić information content (AvgIpc) is 2.80. The molecule has 3 rings (SSSR count). The molecular weight excluding hydrogens is 313 g/mol. The van der Waals surface area contributed by atoms with Gasteiger partial charge in [-0.1, -0.05) is 0 Å². The van der Waals surface area contributed by atoms with Gasteiger partial charge in [0.2, 0.25) is 11.7 Å². The topological polar surface area (TPSA) is 137 Å². The quantitative estimate of drug-likeness (QED) is 0.467. The number of hydrogen-bond acceptors (Lipinski definition) is 7. The molecule has 23 heavy (non-hydrogen) atoms. The first-order valence-electron chi connectivity index (χ1n) is 6.79. The minimum absolute atomic E-state index is 0.199. The van der Waals surface area contributed by atoms with Crippen LogP contribution in [0.1, 0.15) is 17.2 Å². The molecule has 4 unspecified atom stereocenters. The maximum atomic E-state index is 14.2. The third-order valence-corrected chi connectivity index (χ3v) is 3.89. The van der Waals surface area contributed by atoms with E-state index in [1.807, 2.05) is 0 Å². The summed E-state index contributed by atoms with van der Waals surface area (Å²) in [7, 11) is 0. The molecule has 9 nitrogen and oxygen atoms in total. The summed E-state index contributed by atoms with van der Waals surface area (Å²) in [4.78, 5) is 29.4. The first kappa shape index (κ1) is 15.7. The number of hydrogen-bond donors (Lipinski definition) is 4. The summed E-state index contributed by atoms with van der Waals surface area (Å²) in [6.07, 6.45) is -4.18. The van der Waals surface area contributed by atoms with Crippen LogP contribution in [0.5, 0.6) is 0 Å². The Bertz CT molecular complexity index is 878. The number of fused-ring (bicyclic) bond motifs is 1. The zero-order chi connectivity index (χ0) is 16.9. The Morgan fingerprint density at radius 2 is 2.09 bits per heavy atom. The molecular formula is C13H14FN3O6. The van der Waals surface area contributed by atoms with Gasteiger partial charge in [-0.2, -0.15) is 9.37 Å². The number of halogens is 1. The van der Waals surface area contributed by atoms with E-state index in [9.17, 15) is 24.2 Å². The van der Waals surface area contributed by atoms with Crippen molar-refractivity contribution in [3.8, 4) is 0 Å². The van der Waals surface area contributed by atoms with Crippen LogP contribution in [-0.2, 0) is 4.74 Å². The van der Waals surface area contributed by atoms with Crippen LogP contribution in [0.4, 0.5) is 4.39 Å². The Hall–Kier alpha value is -2.14. The number of ether oxygens (including phenoxy) is 1. The fourth-order valence-electron chi connectivity index (χ4n) is 2.53. The smallest absolute Gasteiger partial charge is 0.280 e. The fourth-order valence-corrected chi connectivity index (χ4v) is 2.53. The summed E-state index contributed by atoms with van der Waals surface area (Å²) in [5.74, 6) is -1.21. The summed E-state index contributed by atoms with van der Waals surface area (Å²) in [6, 6.07) is 0. The largest absolute Gasteiger partial charge is 0.394 e. The lowest BCUT2D eigenvalue weighted by Gasteiger charge is -2.15. The minimum atomic E-state index is -1.48. The van der Waals surface area contributed by atoms with Crippen molar-refractivity contribution in [2.45, 2.75) is 31.3 Å². The van der Waals surface area contributed by atoms with Gasteiger partial charge in [0.15, 0.2) is 0 Å². The van der Waals surface area contributed by atoms with Crippen LogP contribution in [0.3, 0.4) is 0 Å². The summed E-state index contributed by atoms with van der Waals surface area (Å²) < 4.78 is 20.3. The van der Waals surface area contributed by atoms with Gasteiger partial charge in [0.25, 0.3) is 11.1 Å². The van der Waals surface area contributed by atoms with E-state index in [0.717, 1.165) is 10.6 Å². The zero-order valence-corrected chi connectivity index (χ0v) is 11.9. The van der Waals surface area contributed by atoms with E-state index in [1.165, 1.54) is 6.92 Å². The molecule has 4 N–H and O–H groups in total. The highest BCUT2D eigenvalue weighted by molar-refractivity contribution is 5.32. The molecule has 0 aliphatic carbocycles. The fraction of sp³-hybridized carbons (Fsp3) is 0.462.